The normalized spacial score (nSPS) is 12.9. The van der Waals surface area contributed by atoms with Crippen molar-refractivity contribution in [1.82, 2.24) is 10.8 Å². The van der Waals surface area contributed by atoms with Crippen LogP contribution < -0.4 is 10.8 Å². The summed E-state index contributed by atoms with van der Waals surface area (Å²) in [5.74, 6) is -0.441. The number of carbonyl (C=O) groups is 2. The molecule has 0 radical (unpaired) electrons. The maximum absolute atomic E-state index is 11.2. The molecule has 6 nitrogen and oxygen atoms in total. The highest BCUT2D eigenvalue weighted by Gasteiger charge is 2.20. The first-order chi connectivity index (χ1) is 6.76. The molecule has 0 saturated heterocycles. The Balaban J connectivity index is 4.02. The summed E-state index contributed by atoms with van der Waals surface area (Å²) in [4.78, 5) is 26.8. The molecule has 0 aliphatic carbocycles. The molecule has 2 amide bonds. The van der Waals surface area contributed by atoms with Crippen LogP contribution in [0.5, 0.6) is 0 Å². The molecule has 0 aromatic heterocycles. The number of ether oxygens (including phenoxy) is 1. The van der Waals surface area contributed by atoms with Crippen molar-refractivity contribution in [2.24, 2.45) is 0 Å². The summed E-state index contributed by atoms with van der Waals surface area (Å²) in [7, 11) is 1.32. The monoisotopic (exact) mass is 218 g/mol. The standard InChI is InChI=1S/C9H18N2O4/c1-6(7(12)11-14-5)10-8(13)15-9(2,3)4/h6H,1-5H3,(H,10,13)(H,11,12)/t6-/m0/s1. The van der Waals surface area contributed by atoms with Gasteiger partial charge in [-0.3, -0.25) is 9.63 Å². The molecular formula is C9H18N2O4. The summed E-state index contributed by atoms with van der Waals surface area (Å²) >= 11 is 0. The van der Waals surface area contributed by atoms with Gasteiger partial charge in [-0.25, -0.2) is 10.3 Å². The Kier molecular flexibility index (Phi) is 5.07. The molecule has 0 aliphatic heterocycles. The lowest BCUT2D eigenvalue weighted by atomic mass is 10.2. The van der Waals surface area contributed by atoms with Crippen LogP contribution in [-0.4, -0.2) is 30.8 Å². The van der Waals surface area contributed by atoms with Crippen molar-refractivity contribution >= 4 is 12.0 Å². The van der Waals surface area contributed by atoms with E-state index < -0.39 is 23.6 Å². The van der Waals surface area contributed by atoms with Crippen molar-refractivity contribution in [3.63, 3.8) is 0 Å². The van der Waals surface area contributed by atoms with Crippen LogP contribution in [0.25, 0.3) is 0 Å². The largest absolute Gasteiger partial charge is 0.444 e. The number of hydrogen-bond acceptors (Lipinski definition) is 4. The van der Waals surface area contributed by atoms with Crippen molar-refractivity contribution in [3.8, 4) is 0 Å². The van der Waals surface area contributed by atoms with E-state index in [9.17, 15) is 9.59 Å². The van der Waals surface area contributed by atoms with Crippen molar-refractivity contribution in [3.05, 3.63) is 0 Å². The fourth-order valence-electron chi connectivity index (χ4n) is 0.739. The van der Waals surface area contributed by atoms with E-state index in [4.69, 9.17) is 4.74 Å². The lowest BCUT2D eigenvalue weighted by Crippen LogP contribution is -2.46. The van der Waals surface area contributed by atoms with Crippen molar-refractivity contribution in [1.29, 1.82) is 0 Å². The third-order valence-electron chi connectivity index (χ3n) is 1.33. The lowest BCUT2D eigenvalue weighted by Gasteiger charge is -2.21. The number of carbonyl (C=O) groups excluding carboxylic acids is 2. The van der Waals surface area contributed by atoms with Crippen molar-refractivity contribution in [2.75, 3.05) is 7.11 Å². The molecule has 1 atom stereocenters. The van der Waals surface area contributed by atoms with Gasteiger partial charge >= 0.3 is 6.09 Å². The quantitative estimate of drug-likeness (QED) is 0.679. The molecule has 0 bridgehead atoms. The van der Waals surface area contributed by atoms with E-state index in [0.717, 1.165) is 0 Å². The fourth-order valence-corrected chi connectivity index (χ4v) is 0.739. The molecule has 0 heterocycles. The molecule has 15 heavy (non-hydrogen) atoms. The number of hydrogen-bond donors (Lipinski definition) is 2. The molecule has 6 heteroatoms. The zero-order valence-corrected chi connectivity index (χ0v) is 9.71. The van der Waals surface area contributed by atoms with Gasteiger partial charge in [-0.15, -0.1) is 0 Å². The Bertz CT molecular complexity index is 235. The third-order valence-corrected chi connectivity index (χ3v) is 1.33. The molecule has 0 fully saturated rings. The summed E-state index contributed by atoms with van der Waals surface area (Å²) in [6.07, 6.45) is -0.638. The second-order valence-corrected chi connectivity index (χ2v) is 4.04. The first kappa shape index (κ1) is 13.7. The van der Waals surface area contributed by atoms with Gasteiger partial charge in [0.25, 0.3) is 5.91 Å². The summed E-state index contributed by atoms with van der Waals surface area (Å²) in [5, 5.41) is 2.37. The second-order valence-electron chi connectivity index (χ2n) is 4.04. The zero-order valence-electron chi connectivity index (χ0n) is 9.71. The maximum Gasteiger partial charge on any atom is 0.408 e. The van der Waals surface area contributed by atoms with Crippen LogP contribution in [0.2, 0.25) is 0 Å². The predicted molar refractivity (Wildman–Crippen MR) is 54.0 cm³/mol. The Labute approximate surface area is 89.3 Å². The highest BCUT2D eigenvalue weighted by Crippen LogP contribution is 2.06. The average Bonchev–Trinajstić information content (AvgIpc) is 2.00. The summed E-state index contributed by atoms with van der Waals surface area (Å²) in [6.45, 7) is 6.75. The third kappa shape index (κ3) is 6.73. The molecule has 0 aromatic carbocycles. The first-order valence-electron chi connectivity index (χ1n) is 4.58. The van der Waals surface area contributed by atoms with E-state index in [1.54, 1.807) is 20.8 Å². The number of amides is 2. The van der Waals surface area contributed by atoms with Crippen LogP contribution in [0.4, 0.5) is 4.79 Å². The molecule has 2 N–H and O–H groups in total. The van der Waals surface area contributed by atoms with Gasteiger partial charge in [-0.2, -0.15) is 0 Å². The highest BCUT2D eigenvalue weighted by molar-refractivity contribution is 5.84. The molecular weight excluding hydrogens is 200 g/mol. The van der Waals surface area contributed by atoms with Gasteiger partial charge in [0.05, 0.1) is 7.11 Å². The van der Waals surface area contributed by atoms with Crippen LogP contribution >= 0.6 is 0 Å². The second kappa shape index (κ2) is 5.55. The topological polar surface area (TPSA) is 76.7 Å². The lowest BCUT2D eigenvalue weighted by molar-refractivity contribution is -0.133. The SMILES string of the molecule is CONC(=O)[C@H](C)NC(=O)OC(C)(C)C. The predicted octanol–water partition coefficient (Wildman–Crippen LogP) is 0.577. The van der Waals surface area contributed by atoms with Crippen LogP contribution in [-0.2, 0) is 14.4 Å². The zero-order chi connectivity index (χ0) is 12.1. The van der Waals surface area contributed by atoms with Crippen molar-refractivity contribution < 1.29 is 19.2 Å². The van der Waals surface area contributed by atoms with Crippen LogP contribution in [0.15, 0.2) is 0 Å². The number of nitrogens with one attached hydrogen (secondary N) is 2. The molecule has 0 saturated carbocycles. The molecule has 0 rings (SSSR count). The average molecular weight is 218 g/mol. The Morgan fingerprint density at radius 3 is 2.20 bits per heavy atom. The van der Waals surface area contributed by atoms with E-state index in [2.05, 4.69) is 15.6 Å². The van der Waals surface area contributed by atoms with Crippen LogP contribution in [0, 0.1) is 0 Å². The summed E-state index contributed by atoms with van der Waals surface area (Å²) in [5.41, 5.74) is 1.52. The molecule has 0 spiro atoms. The van der Waals surface area contributed by atoms with E-state index >= 15 is 0 Å². The van der Waals surface area contributed by atoms with E-state index in [1.807, 2.05) is 0 Å². The van der Waals surface area contributed by atoms with E-state index in [1.165, 1.54) is 14.0 Å². The fraction of sp³-hybridized carbons (Fsp3) is 0.778. The highest BCUT2D eigenvalue weighted by atomic mass is 16.6. The van der Waals surface area contributed by atoms with Gasteiger partial charge in [-0.05, 0) is 27.7 Å². The minimum absolute atomic E-state index is 0.441. The number of hydroxylamine groups is 1. The Hall–Kier alpha value is -1.30. The van der Waals surface area contributed by atoms with Gasteiger partial charge in [0.15, 0.2) is 0 Å². The summed E-state index contributed by atoms with van der Waals surface area (Å²) < 4.78 is 4.97. The molecule has 0 aliphatic rings. The maximum atomic E-state index is 11.2. The first-order valence-corrected chi connectivity index (χ1v) is 4.58. The van der Waals surface area contributed by atoms with Gasteiger partial charge in [0, 0.05) is 0 Å². The minimum atomic E-state index is -0.709. The van der Waals surface area contributed by atoms with Gasteiger partial charge in [0.2, 0.25) is 0 Å². The number of rotatable bonds is 3. The van der Waals surface area contributed by atoms with E-state index in [0.29, 0.717) is 0 Å². The molecule has 0 aromatic rings. The smallest absolute Gasteiger partial charge is 0.408 e. The van der Waals surface area contributed by atoms with Gasteiger partial charge < -0.3 is 10.1 Å². The van der Waals surface area contributed by atoms with Crippen LogP contribution in [0.1, 0.15) is 27.7 Å². The molecule has 88 valence electrons. The minimum Gasteiger partial charge on any atom is -0.444 e. The Morgan fingerprint density at radius 2 is 1.80 bits per heavy atom. The number of alkyl carbamates (subject to hydrolysis) is 1. The summed E-state index contributed by atoms with van der Waals surface area (Å²) in [6, 6.07) is -0.709. The molecule has 0 unspecified atom stereocenters. The van der Waals surface area contributed by atoms with Gasteiger partial charge in [-0.1, -0.05) is 0 Å². The van der Waals surface area contributed by atoms with Crippen LogP contribution in [0.3, 0.4) is 0 Å². The van der Waals surface area contributed by atoms with E-state index in [-0.39, 0.29) is 0 Å². The van der Waals surface area contributed by atoms with Gasteiger partial charge in [0.1, 0.15) is 11.6 Å². The van der Waals surface area contributed by atoms with Crippen molar-refractivity contribution in [2.45, 2.75) is 39.3 Å². The Morgan fingerprint density at radius 1 is 1.27 bits per heavy atom.